The first-order chi connectivity index (χ1) is 11.6. The number of benzene rings is 1. The molecule has 2 amide bonds. The Morgan fingerprint density at radius 2 is 2.12 bits per heavy atom. The number of carbonyl (C=O) groups is 2. The molecule has 1 unspecified atom stereocenters. The number of carbonyl (C=O) groups excluding carboxylic acids is 2. The third-order valence-electron chi connectivity index (χ3n) is 4.08. The summed E-state index contributed by atoms with van der Waals surface area (Å²) >= 11 is 0. The molecule has 0 aromatic heterocycles. The van der Waals surface area contributed by atoms with Crippen LogP contribution in [0, 0.1) is 6.92 Å². The molecule has 2 aromatic rings. The Hall–Kier alpha value is -2.53. The molecule has 1 N–H and O–H groups in total. The van der Waals surface area contributed by atoms with E-state index in [0.717, 1.165) is 16.8 Å². The minimum Gasteiger partial charge on any atom is -0.366 e. The van der Waals surface area contributed by atoms with E-state index in [1.807, 2.05) is 55.5 Å². The first-order valence-corrected chi connectivity index (χ1v) is 8.09. The summed E-state index contributed by atoms with van der Waals surface area (Å²) < 4.78 is 5.52. The van der Waals surface area contributed by atoms with E-state index in [1.165, 1.54) is 0 Å². The predicted molar refractivity (Wildman–Crippen MR) is 91.6 cm³/mol. The average Bonchev–Trinajstić information content (AvgIpc) is 3.06. The van der Waals surface area contributed by atoms with Crippen molar-refractivity contribution in [2.75, 3.05) is 18.5 Å². The van der Waals surface area contributed by atoms with Crippen LogP contribution >= 0.6 is 0 Å². The lowest BCUT2D eigenvalue weighted by molar-refractivity contribution is -0.155. The highest BCUT2D eigenvalue weighted by atomic mass is 16.5. The van der Waals surface area contributed by atoms with Gasteiger partial charge in [-0.25, -0.2) is 6.07 Å². The van der Waals surface area contributed by atoms with Gasteiger partial charge in [0.15, 0.2) is 0 Å². The van der Waals surface area contributed by atoms with Crippen LogP contribution in [0.5, 0.6) is 0 Å². The minimum atomic E-state index is -0.709. The first-order valence-electron chi connectivity index (χ1n) is 8.09. The van der Waals surface area contributed by atoms with Crippen molar-refractivity contribution in [3.8, 4) is 0 Å². The zero-order valence-electron chi connectivity index (χ0n) is 13.7. The van der Waals surface area contributed by atoms with Gasteiger partial charge >= 0.3 is 0 Å². The summed E-state index contributed by atoms with van der Waals surface area (Å²) in [7, 11) is 0. The number of ether oxygens (including phenoxy) is 1. The Morgan fingerprint density at radius 3 is 2.83 bits per heavy atom. The van der Waals surface area contributed by atoms with Gasteiger partial charge in [-0.1, -0.05) is 17.7 Å². The monoisotopic (exact) mass is 325 g/mol. The summed E-state index contributed by atoms with van der Waals surface area (Å²) in [6.07, 6.45) is -0.677. The molecule has 3 rings (SSSR count). The Bertz CT molecular complexity index is 692. The molecule has 24 heavy (non-hydrogen) atoms. The van der Waals surface area contributed by atoms with Gasteiger partial charge < -0.3 is 15.0 Å². The van der Waals surface area contributed by atoms with Crippen LogP contribution in [0.15, 0.2) is 48.5 Å². The van der Waals surface area contributed by atoms with E-state index in [2.05, 4.69) is 5.32 Å². The fourth-order valence-electron chi connectivity index (χ4n) is 2.75. The molecule has 1 aliphatic heterocycles. The van der Waals surface area contributed by atoms with Crippen molar-refractivity contribution in [3.05, 3.63) is 59.7 Å². The molecule has 0 aliphatic carbocycles. The molecule has 1 heterocycles. The van der Waals surface area contributed by atoms with Crippen LogP contribution in [-0.2, 0) is 20.9 Å². The minimum absolute atomic E-state index is 0.0320. The van der Waals surface area contributed by atoms with Crippen molar-refractivity contribution >= 4 is 17.5 Å². The lowest BCUT2D eigenvalue weighted by Gasteiger charge is -2.33. The maximum atomic E-state index is 12.5. The number of aryl methyl sites for hydroxylation is 1. The van der Waals surface area contributed by atoms with Gasteiger partial charge in [0.2, 0.25) is 5.91 Å². The summed E-state index contributed by atoms with van der Waals surface area (Å²) in [5, 5.41) is 2.81. The molecule has 1 atom stereocenters. The maximum absolute atomic E-state index is 12.5. The highest BCUT2D eigenvalue weighted by Gasteiger charge is 2.30. The molecule has 5 nitrogen and oxygen atoms in total. The van der Waals surface area contributed by atoms with E-state index in [9.17, 15) is 9.59 Å². The molecule has 0 bridgehead atoms. The highest BCUT2D eigenvalue weighted by Crippen LogP contribution is 2.16. The van der Waals surface area contributed by atoms with Crippen molar-refractivity contribution in [1.29, 1.82) is 0 Å². The third kappa shape index (κ3) is 4.06. The van der Waals surface area contributed by atoms with Crippen LogP contribution in [0.2, 0.25) is 0 Å². The van der Waals surface area contributed by atoms with Crippen molar-refractivity contribution in [2.24, 2.45) is 0 Å². The number of nitrogens with one attached hydrogen (secondary N) is 1. The van der Waals surface area contributed by atoms with E-state index < -0.39 is 6.10 Å². The number of anilines is 1. The second-order valence-electron chi connectivity index (χ2n) is 6.03. The summed E-state index contributed by atoms with van der Waals surface area (Å²) in [6, 6.07) is 15.4. The second-order valence-corrected chi connectivity index (χ2v) is 6.03. The van der Waals surface area contributed by atoms with E-state index in [0.29, 0.717) is 19.7 Å². The van der Waals surface area contributed by atoms with Crippen LogP contribution in [0.1, 0.15) is 17.5 Å². The van der Waals surface area contributed by atoms with Crippen LogP contribution < -0.4 is 5.32 Å². The van der Waals surface area contributed by atoms with Crippen LogP contribution in [-0.4, -0.2) is 36.0 Å². The molecule has 126 valence electrons. The Kier molecular flexibility index (Phi) is 5.01. The van der Waals surface area contributed by atoms with Gasteiger partial charge in [0, 0.05) is 12.2 Å². The summed E-state index contributed by atoms with van der Waals surface area (Å²) in [5.41, 5.74) is 2.94. The van der Waals surface area contributed by atoms with Crippen molar-refractivity contribution in [2.45, 2.75) is 26.0 Å². The number of hydrogen-bond donors (Lipinski definition) is 1. The smallest absolute Gasteiger partial charge is 0.251 e. The zero-order chi connectivity index (χ0) is 16.9. The molecular formula is C19H21N2O3-. The maximum Gasteiger partial charge on any atom is 0.251 e. The summed E-state index contributed by atoms with van der Waals surface area (Å²) in [6.45, 7) is 3.56. The van der Waals surface area contributed by atoms with Gasteiger partial charge in [-0.05, 0) is 25.6 Å². The molecule has 0 radical (unpaired) electrons. The molecule has 1 aliphatic rings. The number of rotatable bonds is 5. The summed E-state index contributed by atoms with van der Waals surface area (Å²) in [4.78, 5) is 26.4. The molecule has 1 fully saturated rings. The number of hydrogen-bond acceptors (Lipinski definition) is 3. The van der Waals surface area contributed by atoms with Gasteiger partial charge in [-0.2, -0.15) is 23.8 Å². The van der Waals surface area contributed by atoms with Gasteiger partial charge in [0.05, 0.1) is 13.0 Å². The fourth-order valence-corrected chi connectivity index (χ4v) is 2.75. The van der Waals surface area contributed by atoms with E-state index in [4.69, 9.17) is 4.74 Å². The van der Waals surface area contributed by atoms with Crippen molar-refractivity contribution in [3.63, 3.8) is 0 Å². The van der Waals surface area contributed by atoms with Crippen molar-refractivity contribution < 1.29 is 14.3 Å². The number of morpholine rings is 1. The quantitative estimate of drug-likeness (QED) is 0.859. The highest BCUT2D eigenvalue weighted by molar-refractivity contribution is 5.95. The molecule has 5 heteroatoms. The lowest BCUT2D eigenvalue weighted by Crippen LogP contribution is -2.48. The van der Waals surface area contributed by atoms with E-state index in [-0.39, 0.29) is 18.2 Å². The molecular weight excluding hydrogens is 304 g/mol. The van der Waals surface area contributed by atoms with Crippen molar-refractivity contribution in [1.82, 2.24) is 4.90 Å². The summed E-state index contributed by atoms with van der Waals surface area (Å²) in [5.74, 6) is -0.339. The van der Waals surface area contributed by atoms with E-state index >= 15 is 0 Å². The predicted octanol–water partition coefficient (Wildman–Crippen LogP) is 2.47. The Balaban J connectivity index is 1.56. The lowest BCUT2D eigenvalue weighted by atomic mass is 10.1. The van der Waals surface area contributed by atoms with Gasteiger partial charge in [-0.15, -0.1) is 0 Å². The van der Waals surface area contributed by atoms with Crippen LogP contribution in [0.4, 0.5) is 5.69 Å². The topological polar surface area (TPSA) is 58.6 Å². The van der Waals surface area contributed by atoms with Crippen LogP contribution in [0.3, 0.4) is 0 Å². The molecule has 0 saturated carbocycles. The molecule has 2 aromatic carbocycles. The fraction of sp³-hybridized carbons (Fsp3) is 0.316. The second kappa shape index (κ2) is 7.36. The normalized spacial score (nSPS) is 17.8. The largest absolute Gasteiger partial charge is 0.366 e. The third-order valence-corrected chi connectivity index (χ3v) is 4.08. The molecule has 1 saturated heterocycles. The number of amides is 2. The standard InChI is InChI=1S/C19H21N2O3/c1-14-6-8-16(9-7-14)20-18(22)12-17-19(23)21(10-11-24-17)13-15-4-2-3-5-15/h2-9,17H,10-13H2,1H3,(H,20,22)/q-1. The van der Waals surface area contributed by atoms with Gasteiger partial charge in [0.25, 0.3) is 5.91 Å². The Labute approximate surface area is 141 Å². The zero-order valence-corrected chi connectivity index (χ0v) is 13.7. The number of nitrogens with zero attached hydrogens (tertiary/aromatic N) is 1. The van der Waals surface area contributed by atoms with Gasteiger partial charge in [-0.3, -0.25) is 9.59 Å². The average molecular weight is 325 g/mol. The first kappa shape index (κ1) is 16.3. The van der Waals surface area contributed by atoms with Gasteiger partial charge in [0.1, 0.15) is 6.10 Å². The van der Waals surface area contributed by atoms with E-state index in [1.54, 1.807) is 4.90 Å². The molecule has 0 spiro atoms. The Morgan fingerprint density at radius 1 is 1.33 bits per heavy atom. The van der Waals surface area contributed by atoms with Crippen LogP contribution in [0.25, 0.3) is 0 Å². The SMILES string of the molecule is Cc1ccc(NC(=O)CC2OCCN(Cc3cc[cH-]c3)C2=O)cc1.